The Morgan fingerprint density at radius 1 is 1.09 bits per heavy atom. The Kier molecular flexibility index (Phi) is 11.8. The van der Waals surface area contributed by atoms with Crippen molar-refractivity contribution in [1.29, 1.82) is 0 Å². The van der Waals surface area contributed by atoms with Crippen LogP contribution in [-0.2, 0) is 29.1 Å². The summed E-state index contributed by atoms with van der Waals surface area (Å²) in [5.74, 6) is -1.47. The molecule has 0 spiro atoms. The van der Waals surface area contributed by atoms with E-state index in [-0.39, 0.29) is 42.9 Å². The van der Waals surface area contributed by atoms with Gasteiger partial charge in [0.25, 0.3) is 11.8 Å². The van der Waals surface area contributed by atoms with Crippen LogP contribution >= 0.6 is 0 Å². The molecule has 2 saturated carbocycles. The van der Waals surface area contributed by atoms with Crippen molar-refractivity contribution in [2.75, 3.05) is 20.8 Å². The first kappa shape index (κ1) is 42.0. The third-order valence-corrected chi connectivity index (χ3v) is 13.9. The fourth-order valence-corrected chi connectivity index (χ4v) is 9.22. The highest BCUT2D eigenvalue weighted by Crippen LogP contribution is 2.48. The molecule has 57 heavy (non-hydrogen) atoms. The quantitative estimate of drug-likeness (QED) is 0.296. The van der Waals surface area contributed by atoms with Crippen LogP contribution in [0.2, 0.25) is 0 Å². The summed E-state index contributed by atoms with van der Waals surface area (Å²) in [5.41, 5.74) is -1.74. The number of sulfonamides is 1. The zero-order valence-corrected chi connectivity index (χ0v) is 35.0. The van der Waals surface area contributed by atoms with Crippen LogP contribution in [0.4, 0.5) is 4.79 Å². The van der Waals surface area contributed by atoms with Gasteiger partial charge in [-0.2, -0.15) is 0 Å². The summed E-state index contributed by atoms with van der Waals surface area (Å²) in [6.45, 7) is 10.8. The largest absolute Gasteiger partial charge is 0.497 e. The average Bonchev–Trinajstić information content (AvgIpc) is 4.03. The summed E-state index contributed by atoms with van der Waals surface area (Å²) in [5, 5.41) is 6.48. The molecule has 7 atom stereocenters. The molecule has 4 aliphatic rings. The first-order valence-electron chi connectivity index (χ1n) is 19.9. The van der Waals surface area contributed by atoms with E-state index in [1.165, 1.54) is 12.0 Å². The summed E-state index contributed by atoms with van der Waals surface area (Å²) in [4.78, 5) is 62.9. The molecule has 0 radical (unpaired) electrons. The molecule has 2 aliphatic heterocycles. The minimum Gasteiger partial charge on any atom is -0.497 e. The number of alkyl carbamates (subject to hydrolysis) is 1. The normalized spacial score (nSPS) is 28.8. The average molecular weight is 812 g/mol. The van der Waals surface area contributed by atoms with Crippen LogP contribution in [0.15, 0.2) is 36.4 Å². The fraction of sp³-hybridized carbons (Fsp3) is 0.634. The van der Waals surface area contributed by atoms with Crippen molar-refractivity contribution in [1.82, 2.24) is 25.2 Å². The highest BCUT2D eigenvalue weighted by molar-refractivity contribution is 7.91. The van der Waals surface area contributed by atoms with Gasteiger partial charge in [0.15, 0.2) is 5.75 Å². The highest BCUT2D eigenvalue weighted by Gasteiger charge is 2.63. The zero-order valence-electron chi connectivity index (χ0n) is 34.2. The third kappa shape index (κ3) is 9.10. The number of pyridine rings is 1. The molecule has 3 N–H and O–H groups in total. The maximum Gasteiger partial charge on any atom is 0.408 e. The molecule has 312 valence electrons. The van der Waals surface area contributed by atoms with Crippen molar-refractivity contribution in [3.8, 4) is 17.4 Å². The molecule has 1 aromatic heterocycles. The molecular formula is C41H57N5O10S. The van der Waals surface area contributed by atoms with Gasteiger partial charge in [-0.3, -0.25) is 19.1 Å². The molecule has 7 unspecified atom stereocenters. The minimum absolute atomic E-state index is 0.0117. The van der Waals surface area contributed by atoms with Gasteiger partial charge >= 0.3 is 6.09 Å². The van der Waals surface area contributed by atoms with Crippen LogP contribution in [0.25, 0.3) is 10.9 Å². The molecular weight excluding hydrogens is 755 g/mol. The van der Waals surface area contributed by atoms with E-state index in [2.05, 4.69) is 27.3 Å². The Labute approximate surface area is 335 Å². The number of nitrogens with one attached hydrogen (secondary N) is 3. The Morgan fingerprint density at radius 2 is 1.82 bits per heavy atom. The molecule has 4 amide bonds. The van der Waals surface area contributed by atoms with E-state index in [1.807, 2.05) is 19.1 Å². The Morgan fingerprint density at radius 3 is 2.47 bits per heavy atom. The van der Waals surface area contributed by atoms with Gasteiger partial charge < -0.3 is 34.5 Å². The lowest BCUT2D eigenvalue weighted by Gasteiger charge is -2.34. The SMILES string of the molecule is CCC1CC(C)CCC=CC2CC2(C(=O)NS(=O)(=O)C2(C)CC2)NC(=O)C2CC(Oc3cc4cc(OC)ccc4nc3OC)CN2C(=O)C1NC(=O)OC(C)(C)C. The maximum absolute atomic E-state index is 15.0. The van der Waals surface area contributed by atoms with Crippen LogP contribution in [0.1, 0.15) is 92.9 Å². The van der Waals surface area contributed by atoms with E-state index in [1.54, 1.807) is 59.1 Å². The summed E-state index contributed by atoms with van der Waals surface area (Å²) in [6.07, 6.45) is 5.99. The lowest BCUT2D eigenvalue weighted by Crippen LogP contribution is -2.59. The summed E-state index contributed by atoms with van der Waals surface area (Å²) >= 11 is 0. The number of amides is 4. The summed E-state index contributed by atoms with van der Waals surface area (Å²) < 4.78 is 50.8. The molecule has 3 fully saturated rings. The molecule has 3 heterocycles. The lowest BCUT2D eigenvalue weighted by atomic mass is 9.85. The number of nitrogens with zero attached hydrogens (tertiary/aromatic N) is 2. The number of hydrogen-bond donors (Lipinski definition) is 3. The van der Waals surface area contributed by atoms with Crippen LogP contribution in [-0.4, -0.2) is 97.0 Å². The van der Waals surface area contributed by atoms with Crippen LogP contribution in [0.3, 0.4) is 0 Å². The number of carbonyl (C=O) groups is 4. The number of hydrogen-bond acceptors (Lipinski definition) is 11. The van der Waals surface area contributed by atoms with Crippen molar-refractivity contribution in [3.63, 3.8) is 0 Å². The fourth-order valence-electron chi connectivity index (χ4n) is 7.90. The van der Waals surface area contributed by atoms with Crippen molar-refractivity contribution >= 4 is 44.7 Å². The second kappa shape index (κ2) is 16.0. The smallest absolute Gasteiger partial charge is 0.408 e. The van der Waals surface area contributed by atoms with Gasteiger partial charge in [0, 0.05) is 17.7 Å². The van der Waals surface area contributed by atoms with Gasteiger partial charge in [-0.25, -0.2) is 18.2 Å². The van der Waals surface area contributed by atoms with E-state index in [0.29, 0.717) is 48.8 Å². The van der Waals surface area contributed by atoms with Crippen molar-refractivity contribution < 1.29 is 46.5 Å². The standard InChI is InChI=1S/C41H57N5O10S/c1-9-25-18-24(2)12-10-11-13-27-22-41(27,37(49)45-57(51,52)40(6)16-17-40)44-34(47)31-21-29(23-46(31)36(48)33(25)43-38(50)56-39(3,4)5)55-32-20-26-19-28(53-7)14-15-30(26)42-35(32)54-8/h11,13-15,19-20,24-25,27,29,31,33H,9-10,12,16-18,21-23H2,1-8H3,(H,43,50)(H,44,47)(H,45,49). The molecule has 0 bridgehead atoms. The maximum atomic E-state index is 15.0. The molecule has 6 rings (SSSR count). The molecule has 2 aromatic rings. The topological polar surface area (TPSA) is 192 Å². The number of methoxy groups -OCH3 is 2. The van der Waals surface area contributed by atoms with Crippen LogP contribution in [0.5, 0.6) is 17.4 Å². The van der Waals surface area contributed by atoms with E-state index in [0.717, 1.165) is 6.42 Å². The van der Waals surface area contributed by atoms with Gasteiger partial charge in [0.1, 0.15) is 35.1 Å². The highest BCUT2D eigenvalue weighted by atomic mass is 32.2. The van der Waals surface area contributed by atoms with Crippen LogP contribution in [0, 0.1) is 17.8 Å². The van der Waals surface area contributed by atoms with Gasteiger partial charge in [0.05, 0.1) is 31.0 Å². The second-order valence-corrected chi connectivity index (χ2v) is 19.5. The number of carbonyl (C=O) groups excluding carboxylic acids is 4. The van der Waals surface area contributed by atoms with Gasteiger partial charge in [-0.15, -0.1) is 0 Å². The number of allylic oxidation sites excluding steroid dienone is 1. The molecule has 1 saturated heterocycles. The number of benzene rings is 1. The minimum atomic E-state index is -4.01. The van der Waals surface area contributed by atoms with Gasteiger partial charge in [-0.05, 0) is 102 Å². The van der Waals surface area contributed by atoms with Crippen molar-refractivity contribution in [2.24, 2.45) is 17.8 Å². The Bertz CT molecular complexity index is 2030. The Balaban J connectivity index is 1.37. The molecule has 15 nitrogen and oxygen atoms in total. The number of fused-ring (bicyclic) bond motifs is 3. The third-order valence-electron chi connectivity index (χ3n) is 11.7. The monoisotopic (exact) mass is 811 g/mol. The van der Waals surface area contributed by atoms with Gasteiger partial charge in [-0.1, -0.05) is 32.4 Å². The first-order valence-corrected chi connectivity index (χ1v) is 21.3. The second-order valence-electron chi connectivity index (χ2n) is 17.3. The summed E-state index contributed by atoms with van der Waals surface area (Å²) in [7, 11) is -0.985. The number of ether oxygens (including phenoxy) is 4. The number of aromatic nitrogens is 1. The van der Waals surface area contributed by atoms with E-state index < -0.39 is 73.8 Å². The molecule has 16 heteroatoms. The zero-order chi connectivity index (χ0) is 41.5. The number of rotatable bonds is 9. The van der Waals surface area contributed by atoms with E-state index in [4.69, 9.17) is 18.9 Å². The van der Waals surface area contributed by atoms with Crippen molar-refractivity contribution in [2.45, 2.75) is 127 Å². The van der Waals surface area contributed by atoms with Gasteiger partial charge in [0.2, 0.25) is 21.8 Å². The molecule has 2 aliphatic carbocycles. The predicted molar refractivity (Wildman–Crippen MR) is 212 cm³/mol. The van der Waals surface area contributed by atoms with Crippen molar-refractivity contribution in [3.05, 3.63) is 36.4 Å². The van der Waals surface area contributed by atoms with Crippen LogP contribution < -0.4 is 29.6 Å². The summed E-state index contributed by atoms with van der Waals surface area (Å²) in [6, 6.07) is 4.92. The predicted octanol–water partition coefficient (Wildman–Crippen LogP) is 4.77. The lowest BCUT2D eigenvalue weighted by molar-refractivity contribution is -0.142. The first-order chi connectivity index (χ1) is 26.8. The van der Waals surface area contributed by atoms with E-state index >= 15 is 0 Å². The van der Waals surface area contributed by atoms with E-state index in [9.17, 15) is 27.6 Å². The molecule has 1 aromatic carbocycles. The Hall–Kier alpha value is -4.60.